The van der Waals surface area contributed by atoms with Crippen molar-refractivity contribution in [3.63, 3.8) is 0 Å². The molecular weight excluding hydrogens is 338 g/mol. The predicted molar refractivity (Wildman–Crippen MR) is 109 cm³/mol. The highest BCUT2D eigenvalue weighted by molar-refractivity contribution is 5.77. The largest absolute Gasteiger partial charge is 0.369 e. The summed E-state index contributed by atoms with van der Waals surface area (Å²) >= 11 is 0. The van der Waals surface area contributed by atoms with Gasteiger partial charge in [-0.25, -0.2) is 4.98 Å². The summed E-state index contributed by atoms with van der Waals surface area (Å²) in [5, 5.41) is 3.58. The molecular formula is C21H27N5O. The minimum Gasteiger partial charge on any atom is -0.369 e. The standard InChI is InChI=1S/C21H27N5O/c1-25-9-11-26(12-10-25)21-14-19(17-3-2-4-18(17)24-21)23-16-7-5-15(6-8-16)13-20(22)27/h5-8,14H,2-4,9-13H2,1H3,(H2,22,27)(H,23,24). The van der Waals surface area contributed by atoms with E-state index < -0.39 is 0 Å². The molecule has 0 unspecified atom stereocenters. The van der Waals surface area contributed by atoms with Crippen LogP contribution in [0.5, 0.6) is 0 Å². The van der Waals surface area contributed by atoms with Crippen LogP contribution in [0.1, 0.15) is 23.2 Å². The molecule has 6 heteroatoms. The Morgan fingerprint density at radius 3 is 2.59 bits per heavy atom. The molecule has 0 spiro atoms. The van der Waals surface area contributed by atoms with Gasteiger partial charge >= 0.3 is 0 Å². The normalized spacial score (nSPS) is 17.0. The number of nitrogens with zero attached hydrogens (tertiary/aromatic N) is 3. The Morgan fingerprint density at radius 2 is 1.89 bits per heavy atom. The van der Waals surface area contributed by atoms with Crippen LogP contribution in [-0.4, -0.2) is 49.0 Å². The number of nitrogens with two attached hydrogens (primary N) is 1. The van der Waals surface area contributed by atoms with E-state index in [9.17, 15) is 4.79 Å². The second kappa shape index (κ2) is 7.56. The summed E-state index contributed by atoms with van der Waals surface area (Å²) in [6.07, 6.45) is 3.58. The zero-order valence-electron chi connectivity index (χ0n) is 15.9. The minimum absolute atomic E-state index is 0.276. The molecule has 1 aromatic carbocycles. The summed E-state index contributed by atoms with van der Waals surface area (Å²) < 4.78 is 0. The SMILES string of the molecule is CN1CCN(c2cc(Nc3ccc(CC(N)=O)cc3)c3c(n2)CCC3)CC1. The number of nitrogens with one attached hydrogen (secondary N) is 1. The second-order valence-corrected chi connectivity index (χ2v) is 7.56. The van der Waals surface area contributed by atoms with Crippen LogP contribution in [0.25, 0.3) is 0 Å². The number of aromatic nitrogens is 1. The number of anilines is 3. The Labute approximate surface area is 160 Å². The lowest BCUT2D eigenvalue weighted by Gasteiger charge is -2.33. The maximum Gasteiger partial charge on any atom is 0.221 e. The molecule has 1 aromatic heterocycles. The molecule has 3 N–H and O–H groups in total. The molecule has 2 aliphatic rings. The number of hydrogen-bond donors (Lipinski definition) is 2. The van der Waals surface area contributed by atoms with Crippen LogP contribution in [0.15, 0.2) is 30.3 Å². The van der Waals surface area contributed by atoms with E-state index in [1.807, 2.05) is 24.3 Å². The average Bonchev–Trinajstić information content (AvgIpc) is 3.12. The van der Waals surface area contributed by atoms with Gasteiger partial charge in [0.15, 0.2) is 0 Å². The number of fused-ring (bicyclic) bond motifs is 1. The van der Waals surface area contributed by atoms with E-state index in [-0.39, 0.29) is 12.3 Å². The summed E-state index contributed by atoms with van der Waals surface area (Å²) in [5.41, 5.74) is 11.0. The molecule has 0 saturated carbocycles. The van der Waals surface area contributed by atoms with Crippen LogP contribution in [0.2, 0.25) is 0 Å². The van der Waals surface area contributed by atoms with Crippen molar-refractivity contribution in [1.29, 1.82) is 0 Å². The first-order chi connectivity index (χ1) is 13.1. The fourth-order valence-electron chi connectivity index (χ4n) is 3.90. The number of amides is 1. The highest BCUT2D eigenvalue weighted by atomic mass is 16.1. The van der Waals surface area contributed by atoms with E-state index in [2.05, 4.69) is 28.2 Å². The Hall–Kier alpha value is -2.60. The monoisotopic (exact) mass is 365 g/mol. The van der Waals surface area contributed by atoms with Crippen LogP contribution in [0, 0.1) is 0 Å². The van der Waals surface area contributed by atoms with Crippen molar-refractivity contribution >= 4 is 23.1 Å². The molecule has 27 heavy (non-hydrogen) atoms. The van der Waals surface area contributed by atoms with Crippen molar-refractivity contribution in [3.8, 4) is 0 Å². The quantitative estimate of drug-likeness (QED) is 0.849. The number of carbonyl (C=O) groups excluding carboxylic acids is 1. The van der Waals surface area contributed by atoms with E-state index in [1.54, 1.807) is 0 Å². The number of aryl methyl sites for hydroxylation is 1. The molecule has 1 aliphatic heterocycles. The van der Waals surface area contributed by atoms with Gasteiger partial charge in [0.2, 0.25) is 5.91 Å². The maximum atomic E-state index is 11.1. The first-order valence-corrected chi connectivity index (χ1v) is 9.69. The Morgan fingerprint density at radius 1 is 1.15 bits per heavy atom. The first-order valence-electron chi connectivity index (χ1n) is 9.69. The van der Waals surface area contributed by atoms with Crippen molar-refractivity contribution < 1.29 is 4.79 Å². The number of primary amides is 1. The number of rotatable bonds is 5. The lowest BCUT2D eigenvalue weighted by Crippen LogP contribution is -2.44. The smallest absolute Gasteiger partial charge is 0.221 e. The molecule has 0 atom stereocenters. The third kappa shape index (κ3) is 4.06. The summed E-state index contributed by atoms with van der Waals surface area (Å²) in [5.74, 6) is 0.774. The molecule has 142 valence electrons. The molecule has 1 saturated heterocycles. The molecule has 1 amide bonds. The fraction of sp³-hybridized carbons (Fsp3) is 0.429. The van der Waals surface area contributed by atoms with Crippen LogP contribution in [0.4, 0.5) is 17.2 Å². The first kappa shape index (κ1) is 17.8. The molecule has 0 bridgehead atoms. The maximum absolute atomic E-state index is 11.1. The average molecular weight is 365 g/mol. The van der Waals surface area contributed by atoms with Crippen LogP contribution < -0.4 is 16.0 Å². The topological polar surface area (TPSA) is 74.5 Å². The predicted octanol–water partition coefficient (Wildman–Crippen LogP) is 2.09. The molecule has 6 nitrogen and oxygen atoms in total. The third-order valence-corrected chi connectivity index (χ3v) is 5.48. The molecule has 2 aromatic rings. The number of pyridine rings is 1. The van der Waals surface area contributed by atoms with Gasteiger partial charge in [0.25, 0.3) is 0 Å². The zero-order valence-corrected chi connectivity index (χ0v) is 15.9. The van der Waals surface area contributed by atoms with Gasteiger partial charge in [0.1, 0.15) is 5.82 Å². The van der Waals surface area contributed by atoms with Gasteiger partial charge in [0.05, 0.1) is 6.42 Å². The summed E-state index contributed by atoms with van der Waals surface area (Å²) in [7, 11) is 2.17. The second-order valence-electron chi connectivity index (χ2n) is 7.56. The molecule has 4 rings (SSSR count). The lowest BCUT2D eigenvalue weighted by atomic mass is 10.1. The van der Waals surface area contributed by atoms with Crippen molar-refractivity contribution in [1.82, 2.24) is 9.88 Å². The number of hydrogen-bond acceptors (Lipinski definition) is 5. The zero-order chi connectivity index (χ0) is 18.8. The summed E-state index contributed by atoms with van der Waals surface area (Å²) in [6, 6.07) is 10.1. The Bertz CT molecular complexity index is 825. The highest BCUT2D eigenvalue weighted by Gasteiger charge is 2.22. The number of piperazine rings is 1. The van der Waals surface area contributed by atoms with Gasteiger partial charge in [-0.2, -0.15) is 0 Å². The summed E-state index contributed by atoms with van der Waals surface area (Å²) in [4.78, 5) is 20.8. The molecule has 2 heterocycles. The number of likely N-dealkylation sites (N-methyl/N-ethyl adjacent to an activating group) is 1. The van der Waals surface area contributed by atoms with Crippen LogP contribution >= 0.6 is 0 Å². The highest BCUT2D eigenvalue weighted by Crippen LogP contribution is 2.33. The van der Waals surface area contributed by atoms with E-state index in [0.29, 0.717) is 0 Å². The molecule has 1 aliphatic carbocycles. The Kier molecular flexibility index (Phi) is 4.99. The van der Waals surface area contributed by atoms with Gasteiger partial charge < -0.3 is 20.9 Å². The van der Waals surface area contributed by atoms with Crippen molar-refractivity contribution in [2.45, 2.75) is 25.7 Å². The van der Waals surface area contributed by atoms with Crippen LogP contribution in [-0.2, 0) is 24.1 Å². The van der Waals surface area contributed by atoms with Crippen molar-refractivity contribution in [2.75, 3.05) is 43.4 Å². The molecule has 0 radical (unpaired) electrons. The van der Waals surface area contributed by atoms with Crippen molar-refractivity contribution in [2.24, 2.45) is 5.73 Å². The molecule has 1 fully saturated rings. The number of carbonyl (C=O) groups is 1. The lowest BCUT2D eigenvalue weighted by molar-refractivity contribution is -0.117. The van der Waals surface area contributed by atoms with E-state index in [0.717, 1.165) is 61.8 Å². The van der Waals surface area contributed by atoms with E-state index in [4.69, 9.17) is 10.7 Å². The minimum atomic E-state index is -0.306. The van der Waals surface area contributed by atoms with E-state index >= 15 is 0 Å². The Balaban J connectivity index is 1.57. The summed E-state index contributed by atoms with van der Waals surface area (Å²) in [6.45, 7) is 4.18. The van der Waals surface area contributed by atoms with Crippen molar-refractivity contribution in [3.05, 3.63) is 47.2 Å². The van der Waals surface area contributed by atoms with Crippen LogP contribution in [0.3, 0.4) is 0 Å². The van der Waals surface area contributed by atoms with E-state index in [1.165, 1.54) is 17.7 Å². The van der Waals surface area contributed by atoms with Gasteiger partial charge in [-0.15, -0.1) is 0 Å². The number of benzene rings is 1. The third-order valence-electron chi connectivity index (χ3n) is 5.48. The fourth-order valence-corrected chi connectivity index (χ4v) is 3.90. The van der Waals surface area contributed by atoms with Gasteiger partial charge in [0, 0.05) is 49.3 Å². The van der Waals surface area contributed by atoms with Gasteiger partial charge in [-0.3, -0.25) is 4.79 Å². The van der Waals surface area contributed by atoms with Gasteiger partial charge in [-0.05, 0) is 49.6 Å². The van der Waals surface area contributed by atoms with Gasteiger partial charge in [-0.1, -0.05) is 12.1 Å².